The van der Waals surface area contributed by atoms with Crippen LogP contribution in [-0.4, -0.2) is 53.6 Å². The molecule has 0 saturated carbocycles. The van der Waals surface area contributed by atoms with Crippen molar-refractivity contribution in [3.8, 4) is 0 Å². The van der Waals surface area contributed by atoms with Gasteiger partial charge in [-0.3, -0.25) is 0 Å². The number of amides is 2. The van der Waals surface area contributed by atoms with E-state index in [1.165, 1.54) is 6.08 Å². The maximum Gasteiger partial charge on any atom is 0.328 e. The lowest BCUT2D eigenvalue weighted by atomic mass is 9.98. The van der Waals surface area contributed by atoms with Crippen molar-refractivity contribution in [2.45, 2.75) is 58.6 Å². The van der Waals surface area contributed by atoms with Crippen molar-refractivity contribution in [1.29, 1.82) is 0 Å². The fourth-order valence-electron chi connectivity index (χ4n) is 4.37. The Morgan fingerprint density at radius 3 is 2.36 bits per heavy atom. The number of nitrogens with one attached hydrogen (secondary N) is 2. The topological polar surface area (TPSA) is 111 Å². The molecule has 2 aromatic carbocycles. The smallest absolute Gasteiger partial charge is 0.328 e. The molecule has 36 heavy (non-hydrogen) atoms. The predicted octanol–water partition coefficient (Wildman–Crippen LogP) is 5.27. The highest BCUT2D eigenvalue weighted by Crippen LogP contribution is 2.35. The number of allylic oxidation sites excluding steroid dienone is 1. The molecule has 0 unspecified atom stereocenters. The average molecular weight is 496 g/mol. The molecular weight excluding hydrogens is 458 g/mol. The van der Waals surface area contributed by atoms with Gasteiger partial charge in [-0.1, -0.05) is 30.7 Å². The van der Waals surface area contributed by atoms with Crippen LogP contribution >= 0.6 is 0 Å². The number of hydrogen-bond donors (Lipinski definition) is 4. The second-order valence-corrected chi connectivity index (χ2v) is 9.82. The zero-order valence-electron chi connectivity index (χ0n) is 21.5. The molecule has 0 aliphatic carbocycles. The van der Waals surface area contributed by atoms with Crippen LogP contribution in [0.25, 0.3) is 5.57 Å². The number of carbonyl (C=O) groups is 2. The molecule has 4 N–H and O–H groups in total. The third-order valence-corrected chi connectivity index (χ3v) is 6.10. The van der Waals surface area contributed by atoms with Gasteiger partial charge >= 0.3 is 12.0 Å². The molecule has 1 aliphatic heterocycles. The molecule has 3 rings (SSSR count). The van der Waals surface area contributed by atoms with E-state index in [0.717, 1.165) is 24.1 Å². The SMILES string of the molecule is CC/C(=C\C(=O)O)c1ccc(N(CC(C)(C)O)C2CCOCC2)c(NC(=O)Nc2ccc(C)cc2)c1. The highest BCUT2D eigenvalue weighted by molar-refractivity contribution is 6.02. The lowest BCUT2D eigenvalue weighted by molar-refractivity contribution is -0.131. The van der Waals surface area contributed by atoms with Crippen LogP contribution in [0, 0.1) is 6.92 Å². The number of carbonyl (C=O) groups excluding carboxylic acids is 1. The van der Waals surface area contributed by atoms with Crippen molar-refractivity contribution in [2.24, 2.45) is 0 Å². The van der Waals surface area contributed by atoms with Crippen molar-refractivity contribution < 1.29 is 24.5 Å². The summed E-state index contributed by atoms with van der Waals surface area (Å²) in [4.78, 5) is 26.5. The van der Waals surface area contributed by atoms with Crippen molar-refractivity contribution in [1.82, 2.24) is 0 Å². The Balaban J connectivity index is 2.02. The number of aliphatic carboxylic acids is 1. The zero-order valence-corrected chi connectivity index (χ0v) is 21.5. The Hall–Kier alpha value is -3.36. The van der Waals surface area contributed by atoms with E-state index in [1.807, 2.05) is 50.2 Å². The third kappa shape index (κ3) is 7.83. The molecule has 1 aliphatic rings. The predicted molar refractivity (Wildman–Crippen MR) is 144 cm³/mol. The number of nitrogens with zero attached hydrogens (tertiary/aromatic N) is 1. The first-order valence-electron chi connectivity index (χ1n) is 12.3. The van der Waals surface area contributed by atoms with Crippen LogP contribution in [0.1, 0.15) is 51.2 Å². The van der Waals surface area contributed by atoms with E-state index < -0.39 is 17.6 Å². The Labute approximate surface area is 213 Å². The summed E-state index contributed by atoms with van der Waals surface area (Å²) in [5.41, 5.74) is 3.44. The maximum atomic E-state index is 13.0. The Morgan fingerprint density at radius 1 is 1.11 bits per heavy atom. The fourth-order valence-corrected chi connectivity index (χ4v) is 4.37. The van der Waals surface area contributed by atoms with Gasteiger partial charge in [-0.15, -0.1) is 0 Å². The van der Waals surface area contributed by atoms with E-state index >= 15 is 0 Å². The molecule has 8 heteroatoms. The largest absolute Gasteiger partial charge is 0.478 e. The van der Waals surface area contributed by atoms with Crippen molar-refractivity contribution in [3.05, 3.63) is 59.7 Å². The number of urea groups is 1. The summed E-state index contributed by atoms with van der Waals surface area (Å²) in [6, 6.07) is 12.8. The van der Waals surface area contributed by atoms with Crippen molar-refractivity contribution in [2.75, 3.05) is 35.3 Å². The molecule has 194 valence electrons. The number of carboxylic acids is 1. The van der Waals surface area contributed by atoms with Crippen LogP contribution in [0.2, 0.25) is 0 Å². The van der Waals surface area contributed by atoms with Gasteiger partial charge in [-0.05, 0) is 75.4 Å². The Morgan fingerprint density at radius 2 is 1.78 bits per heavy atom. The number of carboxylic acid groups (broad SMARTS) is 1. The van der Waals surface area contributed by atoms with Gasteiger partial charge < -0.3 is 30.5 Å². The van der Waals surface area contributed by atoms with E-state index in [2.05, 4.69) is 15.5 Å². The van der Waals surface area contributed by atoms with Crippen LogP contribution in [0.4, 0.5) is 21.9 Å². The van der Waals surface area contributed by atoms with Crippen LogP contribution in [0.3, 0.4) is 0 Å². The third-order valence-electron chi connectivity index (χ3n) is 6.10. The number of aryl methyl sites for hydroxylation is 1. The Bertz CT molecular complexity index is 1080. The fraction of sp³-hybridized carbons (Fsp3) is 0.429. The van der Waals surface area contributed by atoms with Gasteiger partial charge in [0.1, 0.15) is 0 Å². The van der Waals surface area contributed by atoms with E-state index in [0.29, 0.717) is 48.7 Å². The molecule has 1 saturated heterocycles. The zero-order chi connectivity index (χ0) is 26.3. The molecule has 0 aromatic heterocycles. The van der Waals surface area contributed by atoms with Gasteiger partial charge in [0.15, 0.2) is 0 Å². The standard InChI is InChI=1S/C28H37N3O5/c1-5-20(17-26(32)33)21-8-11-25(31(18-28(3,4)35)23-12-14-36-15-13-23)24(16-21)30-27(34)29-22-9-6-19(2)7-10-22/h6-11,16-17,23,35H,5,12-15,18H2,1-4H3,(H,32,33)(H2,29,30,34)/b20-17+. The maximum absolute atomic E-state index is 13.0. The number of ether oxygens (including phenoxy) is 1. The molecular formula is C28H37N3O5. The minimum Gasteiger partial charge on any atom is -0.478 e. The van der Waals surface area contributed by atoms with E-state index in [-0.39, 0.29) is 6.04 Å². The minimum absolute atomic E-state index is 0.122. The number of hydrogen-bond acceptors (Lipinski definition) is 5. The summed E-state index contributed by atoms with van der Waals surface area (Å²) in [5, 5.41) is 25.8. The number of aliphatic hydroxyl groups is 1. The average Bonchev–Trinajstić information content (AvgIpc) is 2.82. The van der Waals surface area contributed by atoms with E-state index in [9.17, 15) is 19.8 Å². The molecule has 8 nitrogen and oxygen atoms in total. The monoisotopic (exact) mass is 495 g/mol. The van der Waals surface area contributed by atoms with Gasteiger partial charge in [0.05, 0.1) is 17.0 Å². The van der Waals surface area contributed by atoms with Gasteiger partial charge in [-0.2, -0.15) is 0 Å². The molecule has 0 bridgehead atoms. The highest BCUT2D eigenvalue weighted by atomic mass is 16.5. The van der Waals surface area contributed by atoms with Crippen LogP contribution in [-0.2, 0) is 9.53 Å². The number of rotatable bonds is 9. The first-order valence-corrected chi connectivity index (χ1v) is 12.3. The summed E-state index contributed by atoms with van der Waals surface area (Å²) < 4.78 is 5.56. The minimum atomic E-state index is -1.02. The van der Waals surface area contributed by atoms with Crippen LogP contribution in [0.5, 0.6) is 0 Å². The normalized spacial score (nSPS) is 14.9. The Kier molecular flexibility index (Phi) is 9.12. The summed E-state index contributed by atoms with van der Waals surface area (Å²) in [6.45, 7) is 9.00. The molecule has 2 aromatic rings. The summed E-state index contributed by atoms with van der Waals surface area (Å²) in [6.07, 6.45) is 3.31. The lowest BCUT2D eigenvalue weighted by Gasteiger charge is -2.40. The summed E-state index contributed by atoms with van der Waals surface area (Å²) in [5.74, 6) is -1.02. The lowest BCUT2D eigenvalue weighted by Crippen LogP contribution is -2.47. The van der Waals surface area contributed by atoms with Gasteiger partial charge in [0.2, 0.25) is 0 Å². The van der Waals surface area contributed by atoms with Crippen LogP contribution in [0.15, 0.2) is 48.5 Å². The van der Waals surface area contributed by atoms with E-state index in [1.54, 1.807) is 19.9 Å². The molecule has 0 spiro atoms. The quantitative estimate of drug-likeness (QED) is 0.353. The molecule has 1 heterocycles. The summed E-state index contributed by atoms with van der Waals surface area (Å²) >= 11 is 0. The first-order chi connectivity index (χ1) is 17.1. The van der Waals surface area contributed by atoms with Crippen molar-refractivity contribution >= 4 is 34.6 Å². The number of benzene rings is 2. The molecule has 1 fully saturated rings. The van der Waals surface area contributed by atoms with Crippen LogP contribution < -0.4 is 15.5 Å². The number of anilines is 3. The van der Waals surface area contributed by atoms with Gasteiger partial charge in [-0.25, -0.2) is 9.59 Å². The molecule has 0 atom stereocenters. The van der Waals surface area contributed by atoms with E-state index in [4.69, 9.17) is 4.74 Å². The van der Waals surface area contributed by atoms with Gasteiger partial charge in [0, 0.05) is 37.6 Å². The highest BCUT2D eigenvalue weighted by Gasteiger charge is 2.29. The molecule has 2 amide bonds. The van der Waals surface area contributed by atoms with Gasteiger partial charge in [0.25, 0.3) is 0 Å². The molecule has 0 radical (unpaired) electrons. The second-order valence-electron chi connectivity index (χ2n) is 9.82. The summed E-state index contributed by atoms with van der Waals surface area (Å²) in [7, 11) is 0. The second kappa shape index (κ2) is 12.1. The first kappa shape index (κ1) is 27.2. The van der Waals surface area contributed by atoms with Crippen molar-refractivity contribution in [3.63, 3.8) is 0 Å².